The van der Waals surface area contributed by atoms with Crippen LogP contribution in [0.5, 0.6) is 0 Å². The molecule has 0 saturated heterocycles. The topological polar surface area (TPSA) is 118 Å². The number of rotatable bonds is 3. The van der Waals surface area contributed by atoms with Gasteiger partial charge in [-0.15, -0.1) is 0 Å². The van der Waals surface area contributed by atoms with Crippen LogP contribution in [0, 0.1) is 13.8 Å². The van der Waals surface area contributed by atoms with E-state index in [1.807, 2.05) is 0 Å². The first-order valence-corrected chi connectivity index (χ1v) is 5.54. The van der Waals surface area contributed by atoms with Gasteiger partial charge in [-0.3, -0.25) is 0 Å². The summed E-state index contributed by atoms with van der Waals surface area (Å²) in [5.41, 5.74) is -0.193. The standard InChI is InChI=1S/C13H10O7/c1-5-7(11(14)15)3-4-8(9(5)12(16)17)10-6(2)19-13(18)20-10/h3-4H,1-2H3,(H,14,15)(H,16,17). The second-order valence-corrected chi connectivity index (χ2v) is 4.11. The summed E-state index contributed by atoms with van der Waals surface area (Å²) < 4.78 is 9.50. The summed E-state index contributed by atoms with van der Waals surface area (Å²) in [6.07, 6.45) is 0. The van der Waals surface area contributed by atoms with Gasteiger partial charge in [0.1, 0.15) is 0 Å². The van der Waals surface area contributed by atoms with Crippen LogP contribution in [-0.2, 0) is 0 Å². The van der Waals surface area contributed by atoms with Crippen molar-refractivity contribution in [3.8, 4) is 11.3 Å². The first-order chi connectivity index (χ1) is 9.32. The Morgan fingerprint density at radius 3 is 2.15 bits per heavy atom. The summed E-state index contributed by atoms with van der Waals surface area (Å²) in [5.74, 6) is -3.40. The van der Waals surface area contributed by atoms with Crippen molar-refractivity contribution < 1.29 is 28.6 Å². The van der Waals surface area contributed by atoms with Crippen LogP contribution in [0.4, 0.5) is 0 Å². The summed E-state index contributed by atoms with van der Waals surface area (Å²) in [6, 6.07) is 2.53. The van der Waals surface area contributed by atoms with Crippen molar-refractivity contribution in [2.24, 2.45) is 0 Å². The molecule has 0 unspecified atom stereocenters. The van der Waals surface area contributed by atoms with Crippen molar-refractivity contribution >= 4 is 11.9 Å². The maximum atomic E-state index is 11.4. The number of hydrogen-bond donors (Lipinski definition) is 2. The smallest absolute Gasteiger partial charge is 0.478 e. The van der Waals surface area contributed by atoms with Crippen LogP contribution in [-0.4, -0.2) is 22.2 Å². The lowest BCUT2D eigenvalue weighted by Gasteiger charge is -2.09. The summed E-state index contributed by atoms with van der Waals surface area (Å²) in [5, 5.41) is 18.3. The molecule has 0 amide bonds. The van der Waals surface area contributed by atoms with Crippen molar-refractivity contribution in [1.29, 1.82) is 0 Å². The fraction of sp³-hybridized carbons (Fsp3) is 0.154. The summed E-state index contributed by atoms with van der Waals surface area (Å²) >= 11 is 0. The SMILES string of the molecule is Cc1oc(=O)oc1-c1ccc(C(=O)O)c(C)c1C(=O)O. The molecule has 2 aromatic rings. The molecule has 2 N–H and O–H groups in total. The van der Waals surface area contributed by atoms with E-state index in [4.69, 9.17) is 9.52 Å². The third kappa shape index (κ3) is 2.09. The lowest BCUT2D eigenvalue weighted by Crippen LogP contribution is -2.09. The van der Waals surface area contributed by atoms with E-state index < -0.39 is 17.8 Å². The van der Waals surface area contributed by atoms with Gasteiger partial charge in [0.25, 0.3) is 0 Å². The Hall–Kier alpha value is -2.83. The first-order valence-electron chi connectivity index (χ1n) is 5.54. The molecule has 7 heteroatoms. The average molecular weight is 278 g/mol. The second-order valence-electron chi connectivity index (χ2n) is 4.11. The molecule has 0 bridgehead atoms. The Morgan fingerprint density at radius 2 is 1.70 bits per heavy atom. The summed E-state index contributed by atoms with van der Waals surface area (Å²) in [4.78, 5) is 33.4. The maximum Gasteiger partial charge on any atom is 0.519 e. The van der Waals surface area contributed by atoms with E-state index in [1.165, 1.54) is 26.0 Å². The van der Waals surface area contributed by atoms with E-state index in [9.17, 15) is 19.5 Å². The fourth-order valence-corrected chi connectivity index (χ4v) is 2.00. The molecule has 20 heavy (non-hydrogen) atoms. The molecule has 0 aliphatic heterocycles. The molecule has 104 valence electrons. The Morgan fingerprint density at radius 1 is 1.05 bits per heavy atom. The monoisotopic (exact) mass is 278 g/mol. The van der Waals surface area contributed by atoms with Gasteiger partial charge in [0.2, 0.25) is 0 Å². The first kappa shape index (κ1) is 13.6. The fourth-order valence-electron chi connectivity index (χ4n) is 2.00. The molecule has 1 aromatic carbocycles. The quantitative estimate of drug-likeness (QED) is 0.880. The average Bonchev–Trinajstić information content (AvgIpc) is 2.66. The molecular formula is C13H10O7. The molecule has 0 atom stereocenters. The highest BCUT2D eigenvalue weighted by molar-refractivity contribution is 6.01. The molecule has 0 saturated carbocycles. The molecular weight excluding hydrogens is 268 g/mol. The molecule has 2 rings (SSSR count). The molecule has 0 fully saturated rings. The third-order valence-corrected chi connectivity index (χ3v) is 2.90. The van der Waals surface area contributed by atoms with Gasteiger partial charge < -0.3 is 19.0 Å². The lowest BCUT2D eigenvalue weighted by atomic mass is 9.95. The van der Waals surface area contributed by atoms with Crippen LogP contribution in [0.25, 0.3) is 11.3 Å². The molecule has 0 aliphatic carbocycles. The molecule has 7 nitrogen and oxygen atoms in total. The number of carboxylic acids is 2. The molecule has 0 aliphatic rings. The zero-order chi connectivity index (χ0) is 15.0. The zero-order valence-corrected chi connectivity index (χ0v) is 10.6. The van der Waals surface area contributed by atoms with Gasteiger partial charge in [-0.25, -0.2) is 14.4 Å². The van der Waals surface area contributed by atoms with Gasteiger partial charge >= 0.3 is 17.8 Å². The number of carbonyl (C=O) groups is 2. The highest BCUT2D eigenvalue weighted by atomic mass is 16.6. The van der Waals surface area contributed by atoms with Gasteiger partial charge in [0.05, 0.1) is 11.1 Å². The molecule has 1 aromatic heterocycles. The minimum absolute atomic E-state index is 0.0209. The minimum atomic E-state index is -1.32. The lowest BCUT2D eigenvalue weighted by molar-refractivity contribution is 0.0696. The molecule has 0 spiro atoms. The Labute approximate surface area is 112 Å². The second kappa shape index (κ2) is 4.69. The van der Waals surface area contributed by atoms with Gasteiger partial charge in [-0.05, 0) is 31.5 Å². The largest absolute Gasteiger partial charge is 0.519 e. The van der Waals surface area contributed by atoms with E-state index >= 15 is 0 Å². The van der Waals surface area contributed by atoms with E-state index in [2.05, 4.69) is 4.42 Å². The third-order valence-electron chi connectivity index (χ3n) is 2.90. The van der Waals surface area contributed by atoms with Crippen molar-refractivity contribution in [2.75, 3.05) is 0 Å². The van der Waals surface area contributed by atoms with Crippen LogP contribution < -0.4 is 5.82 Å². The highest BCUT2D eigenvalue weighted by Crippen LogP contribution is 2.30. The van der Waals surface area contributed by atoms with Crippen molar-refractivity contribution in [3.63, 3.8) is 0 Å². The van der Waals surface area contributed by atoms with Crippen molar-refractivity contribution in [1.82, 2.24) is 0 Å². The Kier molecular flexibility index (Phi) is 3.19. The number of aryl methyl sites for hydroxylation is 1. The van der Waals surface area contributed by atoms with E-state index in [0.29, 0.717) is 0 Å². The number of aromatic carboxylic acids is 2. The minimum Gasteiger partial charge on any atom is -0.478 e. The van der Waals surface area contributed by atoms with Crippen LogP contribution in [0.15, 0.2) is 25.8 Å². The van der Waals surface area contributed by atoms with Crippen molar-refractivity contribution in [3.05, 3.63) is 45.2 Å². The Balaban J connectivity index is 2.81. The van der Waals surface area contributed by atoms with Gasteiger partial charge in [-0.1, -0.05) is 0 Å². The van der Waals surface area contributed by atoms with Crippen LogP contribution in [0.2, 0.25) is 0 Å². The normalized spacial score (nSPS) is 10.5. The zero-order valence-electron chi connectivity index (χ0n) is 10.6. The highest BCUT2D eigenvalue weighted by Gasteiger charge is 2.24. The van der Waals surface area contributed by atoms with E-state index in [1.54, 1.807) is 0 Å². The van der Waals surface area contributed by atoms with Gasteiger partial charge in [-0.2, -0.15) is 0 Å². The molecule has 1 heterocycles. The van der Waals surface area contributed by atoms with E-state index in [0.717, 1.165) is 0 Å². The number of hydrogen-bond acceptors (Lipinski definition) is 5. The van der Waals surface area contributed by atoms with Gasteiger partial charge in [0.15, 0.2) is 11.5 Å². The number of carboxylic acid groups (broad SMARTS) is 2. The van der Waals surface area contributed by atoms with Gasteiger partial charge in [0, 0.05) is 5.56 Å². The maximum absolute atomic E-state index is 11.4. The summed E-state index contributed by atoms with van der Waals surface area (Å²) in [7, 11) is 0. The van der Waals surface area contributed by atoms with Crippen molar-refractivity contribution in [2.45, 2.75) is 13.8 Å². The van der Waals surface area contributed by atoms with Crippen LogP contribution in [0.3, 0.4) is 0 Å². The predicted molar refractivity (Wildman–Crippen MR) is 66.1 cm³/mol. The molecule has 0 radical (unpaired) electrons. The van der Waals surface area contributed by atoms with Crippen LogP contribution >= 0.6 is 0 Å². The predicted octanol–water partition coefficient (Wildman–Crippen LogP) is 1.91. The number of benzene rings is 1. The van der Waals surface area contributed by atoms with Crippen LogP contribution in [0.1, 0.15) is 32.0 Å². The Bertz CT molecular complexity index is 764. The summed E-state index contributed by atoms with van der Waals surface area (Å²) in [6.45, 7) is 2.83. The van der Waals surface area contributed by atoms with E-state index in [-0.39, 0.29) is 33.8 Å².